The quantitative estimate of drug-likeness (QED) is 0.874. The summed E-state index contributed by atoms with van der Waals surface area (Å²) in [6, 6.07) is 6.67. The van der Waals surface area contributed by atoms with Gasteiger partial charge in [0.2, 0.25) is 0 Å². The van der Waals surface area contributed by atoms with E-state index in [0.29, 0.717) is 12.3 Å². The normalized spacial score (nSPS) is 37.3. The van der Waals surface area contributed by atoms with Gasteiger partial charge in [-0.1, -0.05) is 44.2 Å². The zero-order chi connectivity index (χ0) is 16.1. The molecule has 2 aliphatic rings. The summed E-state index contributed by atoms with van der Waals surface area (Å²) < 4.78 is 0. The third-order valence-corrected chi connectivity index (χ3v) is 6.25. The van der Waals surface area contributed by atoms with Crippen molar-refractivity contribution in [3.63, 3.8) is 0 Å². The van der Waals surface area contributed by atoms with Gasteiger partial charge in [0.05, 0.1) is 6.10 Å². The minimum atomic E-state index is -0.329. The summed E-state index contributed by atoms with van der Waals surface area (Å²) in [6.07, 6.45) is 3.33. The van der Waals surface area contributed by atoms with Gasteiger partial charge in [0.25, 0.3) is 0 Å². The summed E-state index contributed by atoms with van der Waals surface area (Å²) >= 11 is 0. The predicted molar refractivity (Wildman–Crippen MR) is 90.7 cm³/mol. The standard InChI is InChI=1S/C20H28O2/c1-13(2)14-5-7-17-15(9-14)6-8-18-19(3,12-21)10-16(22)11-20(17,18)4/h5,7,9,16,18,21-22H,1,6,8,10-12H2,2-4H3/t16-,18-,19-,20+/m0/s1. The lowest BCUT2D eigenvalue weighted by molar-refractivity contribution is -0.0734. The summed E-state index contributed by atoms with van der Waals surface area (Å²) in [5, 5.41) is 20.4. The molecule has 2 N–H and O–H groups in total. The first-order valence-corrected chi connectivity index (χ1v) is 8.38. The summed E-state index contributed by atoms with van der Waals surface area (Å²) in [4.78, 5) is 0. The van der Waals surface area contributed by atoms with E-state index in [2.05, 4.69) is 38.6 Å². The molecule has 2 heteroatoms. The smallest absolute Gasteiger partial charge is 0.0554 e. The van der Waals surface area contributed by atoms with E-state index >= 15 is 0 Å². The Bertz CT molecular complexity index is 606. The molecule has 0 saturated heterocycles. The third kappa shape index (κ3) is 2.24. The molecule has 0 radical (unpaired) electrons. The molecule has 2 nitrogen and oxygen atoms in total. The highest BCUT2D eigenvalue weighted by molar-refractivity contribution is 5.63. The van der Waals surface area contributed by atoms with Gasteiger partial charge < -0.3 is 10.2 Å². The van der Waals surface area contributed by atoms with E-state index in [4.69, 9.17) is 0 Å². The summed E-state index contributed by atoms with van der Waals surface area (Å²) in [6.45, 7) is 10.7. The summed E-state index contributed by atoms with van der Waals surface area (Å²) in [5.74, 6) is 0.427. The van der Waals surface area contributed by atoms with Gasteiger partial charge in [0.15, 0.2) is 0 Å². The predicted octanol–water partition coefficient (Wildman–Crippen LogP) is 3.69. The fourth-order valence-electron chi connectivity index (χ4n) is 5.22. The van der Waals surface area contributed by atoms with Crippen molar-refractivity contribution in [3.8, 4) is 0 Å². The van der Waals surface area contributed by atoms with Crippen LogP contribution in [-0.2, 0) is 11.8 Å². The average Bonchev–Trinajstić information content (AvgIpc) is 2.45. The maximum absolute atomic E-state index is 10.4. The Labute approximate surface area is 133 Å². The van der Waals surface area contributed by atoms with Crippen LogP contribution in [0, 0.1) is 11.3 Å². The molecule has 3 rings (SSSR count). The fourth-order valence-corrected chi connectivity index (χ4v) is 5.22. The van der Waals surface area contributed by atoms with Gasteiger partial charge in [-0.15, -0.1) is 0 Å². The van der Waals surface area contributed by atoms with E-state index in [-0.39, 0.29) is 23.5 Å². The maximum atomic E-state index is 10.4. The molecule has 1 fully saturated rings. The molecule has 4 atom stereocenters. The lowest BCUT2D eigenvalue weighted by Gasteiger charge is -2.56. The summed E-state index contributed by atoms with van der Waals surface area (Å²) in [7, 11) is 0. The Morgan fingerprint density at radius 2 is 2.05 bits per heavy atom. The maximum Gasteiger partial charge on any atom is 0.0554 e. The van der Waals surface area contributed by atoms with Crippen molar-refractivity contribution < 1.29 is 10.2 Å². The van der Waals surface area contributed by atoms with Crippen LogP contribution in [0.3, 0.4) is 0 Å². The van der Waals surface area contributed by atoms with Crippen molar-refractivity contribution in [1.29, 1.82) is 0 Å². The molecule has 2 aliphatic carbocycles. The SMILES string of the molecule is C=C(C)c1ccc2c(c1)CC[C@H]1[C@](C)(CO)C[C@H](O)C[C@]21C. The summed E-state index contributed by atoms with van der Waals surface area (Å²) in [5.41, 5.74) is 4.84. The molecule has 1 saturated carbocycles. The first-order valence-electron chi connectivity index (χ1n) is 8.38. The Kier molecular flexibility index (Phi) is 3.73. The highest BCUT2D eigenvalue weighted by Gasteiger charge is 2.53. The second-order valence-electron chi connectivity index (χ2n) is 8.04. The van der Waals surface area contributed by atoms with E-state index in [1.807, 2.05) is 6.92 Å². The second kappa shape index (κ2) is 5.21. The zero-order valence-corrected chi connectivity index (χ0v) is 14.0. The van der Waals surface area contributed by atoms with E-state index in [1.165, 1.54) is 16.7 Å². The number of rotatable bonds is 2. The van der Waals surface area contributed by atoms with Gasteiger partial charge in [0.1, 0.15) is 0 Å². The monoisotopic (exact) mass is 300 g/mol. The van der Waals surface area contributed by atoms with Gasteiger partial charge in [0, 0.05) is 6.61 Å². The number of allylic oxidation sites excluding steroid dienone is 1. The van der Waals surface area contributed by atoms with Crippen molar-refractivity contribution in [2.24, 2.45) is 11.3 Å². The van der Waals surface area contributed by atoms with Crippen molar-refractivity contribution >= 4 is 5.57 Å². The molecule has 120 valence electrons. The van der Waals surface area contributed by atoms with E-state index in [1.54, 1.807) is 0 Å². The zero-order valence-electron chi connectivity index (χ0n) is 14.0. The van der Waals surface area contributed by atoms with Crippen molar-refractivity contribution in [3.05, 3.63) is 41.5 Å². The van der Waals surface area contributed by atoms with Crippen LogP contribution in [0.25, 0.3) is 5.57 Å². The highest BCUT2D eigenvalue weighted by Crippen LogP contribution is 2.57. The van der Waals surface area contributed by atoms with E-state index < -0.39 is 0 Å². The fraction of sp³-hybridized carbons (Fsp3) is 0.600. The minimum absolute atomic E-state index is 0.0453. The molecule has 0 aromatic heterocycles. The van der Waals surface area contributed by atoms with Crippen LogP contribution in [-0.4, -0.2) is 22.9 Å². The largest absolute Gasteiger partial charge is 0.396 e. The van der Waals surface area contributed by atoms with E-state index in [9.17, 15) is 10.2 Å². The number of fused-ring (bicyclic) bond motifs is 3. The third-order valence-electron chi connectivity index (χ3n) is 6.25. The van der Waals surface area contributed by atoms with Crippen LogP contribution >= 0.6 is 0 Å². The van der Waals surface area contributed by atoms with Crippen LogP contribution in [0.2, 0.25) is 0 Å². The number of hydrogen-bond acceptors (Lipinski definition) is 2. The van der Waals surface area contributed by atoms with Gasteiger partial charge in [-0.25, -0.2) is 0 Å². The molecule has 0 bridgehead atoms. The van der Waals surface area contributed by atoms with Gasteiger partial charge in [-0.05, 0) is 66.0 Å². The minimum Gasteiger partial charge on any atom is -0.396 e. The molecule has 1 aromatic carbocycles. The molecule has 0 unspecified atom stereocenters. The van der Waals surface area contributed by atoms with Crippen LogP contribution in [0.5, 0.6) is 0 Å². The Morgan fingerprint density at radius 3 is 2.68 bits per heavy atom. The molecule has 0 spiro atoms. The van der Waals surface area contributed by atoms with Crippen LogP contribution in [0.1, 0.15) is 56.7 Å². The molecule has 22 heavy (non-hydrogen) atoms. The lowest BCUT2D eigenvalue weighted by Crippen LogP contribution is -2.54. The Balaban J connectivity index is 2.10. The second-order valence-corrected chi connectivity index (χ2v) is 8.04. The lowest BCUT2D eigenvalue weighted by atomic mass is 9.49. The molecule has 0 amide bonds. The first kappa shape index (κ1) is 15.8. The van der Waals surface area contributed by atoms with Crippen LogP contribution < -0.4 is 0 Å². The van der Waals surface area contributed by atoms with Crippen molar-refractivity contribution in [2.45, 2.75) is 58.0 Å². The number of hydrogen-bond donors (Lipinski definition) is 2. The van der Waals surface area contributed by atoms with Crippen LogP contribution in [0.4, 0.5) is 0 Å². The van der Waals surface area contributed by atoms with Gasteiger partial charge in [-0.3, -0.25) is 0 Å². The number of aliphatic hydroxyl groups excluding tert-OH is 2. The van der Waals surface area contributed by atoms with E-state index in [0.717, 1.165) is 24.8 Å². The Hall–Kier alpha value is -1.12. The topological polar surface area (TPSA) is 40.5 Å². The molecule has 0 heterocycles. The Morgan fingerprint density at radius 1 is 1.32 bits per heavy atom. The van der Waals surface area contributed by atoms with Gasteiger partial charge in [-0.2, -0.15) is 0 Å². The molecule has 0 aliphatic heterocycles. The van der Waals surface area contributed by atoms with Crippen molar-refractivity contribution in [1.82, 2.24) is 0 Å². The first-order chi connectivity index (χ1) is 10.3. The number of aryl methyl sites for hydroxylation is 1. The highest BCUT2D eigenvalue weighted by atomic mass is 16.3. The number of benzene rings is 1. The van der Waals surface area contributed by atoms with Gasteiger partial charge >= 0.3 is 0 Å². The number of aliphatic hydroxyl groups is 2. The molecular weight excluding hydrogens is 272 g/mol. The molecular formula is C20H28O2. The molecule has 1 aromatic rings. The average molecular weight is 300 g/mol. The van der Waals surface area contributed by atoms with Crippen molar-refractivity contribution in [2.75, 3.05) is 6.61 Å². The van der Waals surface area contributed by atoms with Crippen LogP contribution in [0.15, 0.2) is 24.8 Å².